The molecule has 5 rings (SSSR count). The Morgan fingerprint density at radius 3 is 2.64 bits per heavy atom. The predicted molar refractivity (Wildman–Crippen MR) is 108 cm³/mol. The van der Waals surface area contributed by atoms with Crippen LogP contribution in [0.15, 0.2) is 42.1 Å². The molecule has 1 saturated heterocycles. The molecule has 6 heteroatoms. The molecule has 0 spiro atoms. The van der Waals surface area contributed by atoms with Gasteiger partial charge in [-0.05, 0) is 37.1 Å². The molecule has 28 heavy (non-hydrogen) atoms. The van der Waals surface area contributed by atoms with Crippen molar-refractivity contribution in [2.75, 3.05) is 20.2 Å². The third kappa shape index (κ3) is 2.97. The van der Waals surface area contributed by atoms with Crippen LogP contribution in [0.3, 0.4) is 0 Å². The van der Waals surface area contributed by atoms with Crippen LogP contribution in [0.25, 0.3) is 6.08 Å². The second-order valence-corrected chi connectivity index (χ2v) is 8.12. The third-order valence-corrected chi connectivity index (χ3v) is 6.22. The van der Waals surface area contributed by atoms with Crippen LogP contribution in [0.4, 0.5) is 0 Å². The molecule has 0 aliphatic carbocycles. The van der Waals surface area contributed by atoms with Gasteiger partial charge in [-0.15, -0.1) is 10.2 Å². The van der Waals surface area contributed by atoms with Gasteiger partial charge < -0.3 is 14.2 Å². The van der Waals surface area contributed by atoms with Crippen LogP contribution in [0.1, 0.15) is 35.7 Å². The maximum absolute atomic E-state index is 5.38. The van der Waals surface area contributed by atoms with Gasteiger partial charge in [0.25, 0.3) is 0 Å². The number of benzene rings is 1. The van der Waals surface area contributed by atoms with Gasteiger partial charge in [0.05, 0.1) is 18.2 Å². The molecule has 0 N–H and O–H groups in total. The molecule has 2 atom stereocenters. The van der Waals surface area contributed by atoms with Crippen molar-refractivity contribution in [3.05, 3.63) is 64.9 Å². The topological polar surface area (TPSA) is 46.4 Å². The van der Waals surface area contributed by atoms with Crippen molar-refractivity contribution in [2.45, 2.75) is 45.1 Å². The summed E-state index contributed by atoms with van der Waals surface area (Å²) in [6, 6.07) is 9.60. The first kappa shape index (κ1) is 17.6. The highest BCUT2D eigenvalue weighted by Crippen LogP contribution is 2.37. The van der Waals surface area contributed by atoms with E-state index in [9.17, 15) is 0 Å². The van der Waals surface area contributed by atoms with Gasteiger partial charge in [0.2, 0.25) is 0 Å². The van der Waals surface area contributed by atoms with Crippen molar-refractivity contribution in [1.82, 2.24) is 24.6 Å². The average molecular weight is 377 g/mol. The Balaban J connectivity index is 1.31. The summed E-state index contributed by atoms with van der Waals surface area (Å²) in [5.74, 6) is 1.93. The van der Waals surface area contributed by atoms with Crippen molar-refractivity contribution in [3.63, 3.8) is 0 Å². The summed E-state index contributed by atoms with van der Waals surface area (Å²) in [5.41, 5.74) is 4.05. The Kier molecular flexibility index (Phi) is 4.33. The summed E-state index contributed by atoms with van der Waals surface area (Å²) >= 11 is 0. The molecular weight excluding hydrogens is 350 g/mol. The fraction of sp³-hybridized carbons (Fsp3) is 0.455. The molecule has 146 valence electrons. The molecule has 3 aliphatic rings. The van der Waals surface area contributed by atoms with E-state index in [0.29, 0.717) is 12.1 Å². The van der Waals surface area contributed by atoms with E-state index in [1.54, 1.807) is 7.11 Å². The molecule has 1 aromatic carbocycles. The van der Waals surface area contributed by atoms with Gasteiger partial charge in [0, 0.05) is 39.0 Å². The number of hydrogen-bond acceptors (Lipinski definition) is 5. The number of aromatic nitrogens is 3. The summed E-state index contributed by atoms with van der Waals surface area (Å²) in [4.78, 5) is 4.93. The van der Waals surface area contributed by atoms with Crippen molar-refractivity contribution >= 4 is 6.08 Å². The lowest BCUT2D eigenvalue weighted by molar-refractivity contribution is -0.0334. The van der Waals surface area contributed by atoms with Crippen LogP contribution in [0, 0.1) is 6.92 Å². The zero-order valence-electron chi connectivity index (χ0n) is 16.7. The predicted octanol–water partition coefficient (Wildman–Crippen LogP) is 2.77. The minimum absolute atomic E-state index is 0.283. The molecule has 1 aromatic heterocycles. The minimum Gasteiger partial charge on any atom is -0.379 e. The first-order valence-electron chi connectivity index (χ1n) is 10.00. The molecule has 0 radical (unpaired) electrons. The van der Waals surface area contributed by atoms with E-state index < -0.39 is 0 Å². The number of ether oxygens (including phenoxy) is 1. The van der Waals surface area contributed by atoms with Crippen LogP contribution >= 0.6 is 0 Å². The van der Waals surface area contributed by atoms with Crippen LogP contribution in [0.5, 0.6) is 0 Å². The quantitative estimate of drug-likeness (QED) is 0.802. The molecular formula is C22H27N5O. The molecule has 0 amide bonds. The Hall–Kier alpha value is -2.44. The first-order valence-corrected chi connectivity index (χ1v) is 10.00. The lowest BCUT2D eigenvalue weighted by Crippen LogP contribution is -2.50. The number of aryl methyl sites for hydroxylation is 1. The molecule has 0 bridgehead atoms. The third-order valence-electron chi connectivity index (χ3n) is 6.22. The first-order chi connectivity index (χ1) is 13.6. The van der Waals surface area contributed by atoms with Crippen molar-refractivity contribution < 1.29 is 4.74 Å². The lowest BCUT2D eigenvalue weighted by Gasteiger charge is -2.38. The molecule has 2 unspecified atom stereocenters. The Morgan fingerprint density at radius 1 is 1.07 bits per heavy atom. The minimum atomic E-state index is 0.283. The van der Waals surface area contributed by atoms with Gasteiger partial charge in [-0.25, -0.2) is 0 Å². The normalized spacial score (nSPS) is 24.1. The highest BCUT2D eigenvalue weighted by molar-refractivity contribution is 5.48. The van der Waals surface area contributed by atoms with E-state index >= 15 is 0 Å². The van der Waals surface area contributed by atoms with Gasteiger partial charge >= 0.3 is 0 Å². The van der Waals surface area contributed by atoms with Gasteiger partial charge in [-0.1, -0.05) is 30.3 Å². The fourth-order valence-electron chi connectivity index (χ4n) is 4.67. The van der Waals surface area contributed by atoms with Crippen LogP contribution < -0.4 is 0 Å². The smallest absolute Gasteiger partial charge is 0.157 e. The van der Waals surface area contributed by atoms with E-state index in [1.807, 2.05) is 6.92 Å². The maximum Gasteiger partial charge on any atom is 0.157 e. The summed E-state index contributed by atoms with van der Waals surface area (Å²) in [6.45, 7) is 8.22. The second-order valence-electron chi connectivity index (χ2n) is 8.12. The van der Waals surface area contributed by atoms with Gasteiger partial charge in [0.15, 0.2) is 5.82 Å². The average Bonchev–Trinajstić information content (AvgIpc) is 3.18. The summed E-state index contributed by atoms with van der Waals surface area (Å²) < 4.78 is 7.63. The number of fused-ring (bicyclic) bond motifs is 3. The molecule has 0 saturated carbocycles. The fourth-order valence-corrected chi connectivity index (χ4v) is 4.67. The standard InChI is InChI=1S/C22H27N5O/c1-15-9-21-20(7-8-22-24-23-16(2)27(21)22)26(15)12-18-6-4-5-17(10-18)11-25-13-19(14-25)28-3/h4-10,19-21H,11-14H2,1-3H3. The molecule has 3 aliphatic heterocycles. The van der Waals surface area contributed by atoms with Crippen molar-refractivity contribution in [1.29, 1.82) is 0 Å². The second kappa shape index (κ2) is 6.87. The Labute approximate surface area is 166 Å². The summed E-state index contributed by atoms with van der Waals surface area (Å²) in [6.07, 6.45) is 7.13. The Bertz CT molecular complexity index is 940. The Morgan fingerprint density at radius 2 is 1.86 bits per heavy atom. The number of likely N-dealkylation sites (tertiary alicyclic amines) is 1. The number of rotatable bonds is 5. The lowest BCUT2D eigenvalue weighted by atomic mass is 10.0. The number of allylic oxidation sites excluding steroid dienone is 1. The van der Waals surface area contributed by atoms with E-state index in [0.717, 1.165) is 37.8 Å². The van der Waals surface area contributed by atoms with Crippen LogP contribution in [0.2, 0.25) is 0 Å². The molecule has 4 heterocycles. The van der Waals surface area contributed by atoms with E-state index in [1.165, 1.54) is 16.8 Å². The number of nitrogens with zero attached hydrogens (tertiary/aromatic N) is 5. The van der Waals surface area contributed by atoms with Gasteiger partial charge in [0.1, 0.15) is 5.82 Å². The SMILES string of the molecule is COC1CN(Cc2cccc(CN3C(C)=CC4C3C=Cc3nnc(C)n34)c2)C1. The monoisotopic (exact) mass is 377 g/mol. The summed E-state index contributed by atoms with van der Waals surface area (Å²) in [7, 11) is 1.80. The highest BCUT2D eigenvalue weighted by atomic mass is 16.5. The number of methoxy groups -OCH3 is 1. The van der Waals surface area contributed by atoms with E-state index in [2.05, 4.69) is 74.0 Å². The van der Waals surface area contributed by atoms with E-state index in [-0.39, 0.29) is 6.04 Å². The largest absolute Gasteiger partial charge is 0.379 e. The van der Waals surface area contributed by atoms with Crippen molar-refractivity contribution in [2.24, 2.45) is 0 Å². The van der Waals surface area contributed by atoms with Gasteiger partial charge in [-0.2, -0.15) is 0 Å². The van der Waals surface area contributed by atoms with Gasteiger partial charge in [-0.3, -0.25) is 4.90 Å². The summed E-state index contributed by atoms with van der Waals surface area (Å²) in [5, 5.41) is 8.54. The zero-order valence-corrected chi connectivity index (χ0v) is 16.7. The van der Waals surface area contributed by atoms with Crippen LogP contribution in [-0.4, -0.2) is 56.9 Å². The molecule has 2 aromatic rings. The number of hydrogen-bond donors (Lipinski definition) is 0. The highest BCUT2D eigenvalue weighted by Gasteiger charge is 2.36. The van der Waals surface area contributed by atoms with Crippen molar-refractivity contribution in [3.8, 4) is 0 Å². The maximum atomic E-state index is 5.38. The molecule has 6 nitrogen and oxygen atoms in total. The molecule has 1 fully saturated rings. The van der Waals surface area contributed by atoms with Crippen LogP contribution in [-0.2, 0) is 17.8 Å². The van der Waals surface area contributed by atoms with E-state index in [4.69, 9.17) is 4.74 Å². The zero-order chi connectivity index (χ0) is 19.3.